The maximum absolute atomic E-state index is 4.37. The van der Waals surface area contributed by atoms with E-state index in [9.17, 15) is 0 Å². The monoisotopic (exact) mass is 921 g/mol. The predicted molar refractivity (Wildman–Crippen MR) is 313 cm³/mol. The molecule has 4 aliphatic heterocycles. The zero-order valence-electron chi connectivity index (χ0n) is 44.8. The summed E-state index contributed by atoms with van der Waals surface area (Å²) in [5, 5.41) is 11.2. The van der Waals surface area contributed by atoms with Gasteiger partial charge in [0.05, 0.1) is 0 Å². The Morgan fingerprint density at radius 3 is 1.20 bits per heavy atom. The summed E-state index contributed by atoms with van der Waals surface area (Å²) in [6, 6.07) is 48.3. The Balaban J connectivity index is 1.32. The lowest BCUT2D eigenvalue weighted by atomic mass is 9.32. The van der Waals surface area contributed by atoms with Crippen LogP contribution in [-0.2, 0) is 27.1 Å². The van der Waals surface area contributed by atoms with E-state index in [1.54, 1.807) is 0 Å². The first-order valence-electron chi connectivity index (χ1n) is 26.1. The fourth-order valence-electron chi connectivity index (χ4n) is 12.0. The molecule has 0 aromatic heterocycles. The molecule has 0 spiro atoms. The average molecular weight is 921 g/mol. The van der Waals surface area contributed by atoms with Crippen molar-refractivity contribution in [3.8, 4) is 44.5 Å². The van der Waals surface area contributed by atoms with Crippen LogP contribution >= 0.6 is 0 Å². The Morgan fingerprint density at radius 2 is 0.746 bits per heavy atom. The van der Waals surface area contributed by atoms with E-state index >= 15 is 0 Å². The summed E-state index contributed by atoms with van der Waals surface area (Å²) in [4.78, 5) is 0. The second-order valence-corrected chi connectivity index (χ2v) is 26.5. The van der Waals surface area contributed by atoms with E-state index < -0.39 is 0 Å². The van der Waals surface area contributed by atoms with Crippen LogP contribution < -0.4 is 48.9 Å². The van der Waals surface area contributed by atoms with Crippen molar-refractivity contribution < 1.29 is 0 Å². The maximum Gasteiger partial charge on any atom is 0.252 e. The summed E-state index contributed by atoms with van der Waals surface area (Å²) in [6.45, 7) is 35.3. The van der Waals surface area contributed by atoms with Crippen molar-refractivity contribution in [2.75, 3.05) is 10.6 Å². The van der Waals surface area contributed by atoms with Crippen LogP contribution in [0.5, 0.6) is 0 Å². The smallest absolute Gasteiger partial charge is 0.252 e. The summed E-state index contributed by atoms with van der Waals surface area (Å²) in [6.07, 6.45) is 0. The molecule has 2 nitrogen and oxygen atoms in total. The second-order valence-electron chi connectivity index (χ2n) is 26.5. The summed E-state index contributed by atoms with van der Waals surface area (Å²) in [5.41, 5.74) is 30.1. The molecule has 12 rings (SSSR count). The van der Waals surface area contributed by atoms with Gasteiger partial charge in [0.2, 0.25) is 0 Å². The standard InChI is InChI=1S/C66H67B3N2/c1-62(2,3)37-21-24-43-46-28-40(65(10,11)12)34-55-59(46)71-61-49(56-42-19-17-16-18-36(42)20-27-50(56)67-51(43)30-37)35-48-45-26-23-39(64(7,8)9)32-53(45)68-52-31-38(63(4,5)6)22-25-44(52)47-29-41(66(13,14)15)33-54-58(47)70-60(48)57(61)69(54)55/h16-35,70-71H,1-15H3. The summed E-state index contributed by atoms with van der Waals surface area (Å²) in [7, 11) is 5.02. The minimum atomic E-state index is -0.118. The van der Waals surface area contributed by atoms with E-state index in [-0.39, 0.29) is 33.8 Å². The van der Waals surface area contributed by atoms with Gasteiger partial charge in [0, 0.05) is 45.0 Å². The lowest BCUT2D eigenvalue weighted by molar-refractivity contribution is 0.590. The van der Waals surface area contributed by atoms with Crippen LogP contribution in [-0.4, -0.2) is 21.3 Å². The highest BCUT2D eigenvalue weighted by Crippen LogP contribution is 2.49. The molecule has 2 radical (unpaired) electrons. The largest absolute Gasteiger partial charge is 0.355 e. The van der Waals surface area contributed by atoms with E-state index in [0.717, 1.165) is 0 Å². The molecule has 0 amide bonds. The first-order chi connectivity index (χ1) is 33.3. The van der Waals surface area contributed by atoms with Gasteiger partial charge in [-0.3, -0.25) is 0 Å². The SMILES string of the molecule is CC(C)(C)c1ccc2c(c1)[B]c1cc(C(C)(C)C)ccc1-c1cc3c4c5c1Nc1c(cc(C(C)(C)C)cc1-2)B5c1cc(C(C)(C)C)cc(c1N4)-c1ccc(C(C)(C)C)cc1[B]c1ccc2ccccc2c1-3. The summed E-state index contributed by atoms with van der Waals surface area (Å²) >= 11 is 0. The van der Waals surface area contributed by atoms with Crippen LogP contribution in [0.1, 0.15) is 132 Å². The summed E-state index contributed by atoms with van der Waals surface area (Å²) < 4.78 is 0. The van der Waals surface area contributed by atoms with Gasteiger partial charge in [0.25, 0.3) is 6.71 Å². The molecule has 8 aromatic rings. The molecular weight excluding hydrogens is 853 g/mol. The average Bonchev–Trinajstić information content (AvgIpc) is 3.29. The first kappa shape index (κ1) is 45.9. The number of hydrogen-bond donors (Lipinski definition) is 2. The first-order valence-corrected chi connectivity index (χ1v) is 26.1. The van der Waals surface area contributed by atoms with Gasteiger partial charge in [-0.1, -0.05) is 229 Å². The van der Waals surface area contributed by atoms with Crippen molar-refractivity contribution >= 4 is 93.0 Å². The van der Waals surface area contributed by atoms with Crippen molar-refractivity contribution in [1.29, 1.82) is 0 Å². The van der Waals surface area contributed by atoms with Crippen LogP contribution in [0.25, 0.3) is 55.3 Å². The van der Waals surface area contributed by atoms with E-state index in [1.807, 2.05) is 0 Å². The molecule has 8 aromatic carbocycles. The highest BCUT2D eigenvalue weighted by atomic mass is 15.0. The van der Waals surface area contributed by atoms with Crippen molar-refractivity contribution in [2.45, 2.75) is 131 Å². The second kappa shape index (κ2) is 15.2. The van der Waals surface area contributed by atoms with Crippen molar-refractivity contribution in [1.82, 2.24) is 0 Å². The van der Waals surface area contributed by atoms with Gasteiger partial charge in [0.15, 0.2) is 14.6 Å². The molecule has 0 atom stereocenters. The number of benzene rings is 8. The van der Waals surface area contributed by atoms with Gasteiger partial charge in [-0.05, 0) is 123 Å². The normalized spacial score (nSPS) is 14.3. The van der Waals surface area contributed by atoms with Crippen LogP contribution in [0.2, 0.25) is 0 Å². The van der Waals surface area contributed by atoms with E-state index in [2.05, 4.69) is 250 Å². The molecule has 0 saturated heterocycles. The molecule has 4 aliphatic rings. The van der Waals surface area contributed by atoms with Gasteiger partial charge < -0.3 is 10.6 Å². The molecule has 5 heteroatoms. The maximum atomic E-state index is 4.37. The van der Waals surface area contributed by atoms with Crippen LogP contribution in [0.4, 0.5) is 22.7 Å². The van der Waals surface area contributed by atoms with Gasteiger partial charge >= 0.3 is 0 Å². The third kappa shape index (κ3) is 7.30. The van der Waals surface area contributed by atoms with E-state index in [4.69, 9.17) is 0 Å². The predicted octanol–water partition coefficient (Wildman–Crippen LogP) is 12.6. The molecular formula is C66H67B3N2. The number of rotatable bonds is 0. The highest BCUT2D eigenvalue weighted by molar-refractivity contribution is 7.00. The Labute approximate surface area is 426 Å². The number of nitrogens with one attached hydrogen (secondary N) is 2. The zero-order chi connectivity index (χ0) is 50.1. The van der Waals surface area contributed by atoms with Gasteiger partial charge in [-0.25, -0.2) is 0 Å². The van der Waals surface area contributed by atoms with Crippen LogP contribution in [0.15, 0.2) is 121 Å². The van der Waals surface area contributed by atoms with Crippen LogP contribution in [0, 0.1) is 0 Å². The highest BCUT2D eigenvalue weighted by Gasteiger charge is 2.44. The molecule has 0 fully saturated rings. The molecule has 0 aliphatic carbocycles. The Morgan fingerprint density at radius 1 is 0.338 bits per heavy atom. The molecule has 4 heterocycles. The van der Waals surface area contributed by atoms with E-state index in [1.165, 1.54) is 144 Å². The minimum Gasteiger partial charge on any atom is -0.355 e. The molecule has 4 bridgehead atoms. The Bertz CT molecular complexity index is 3610. The molecule has 0 saturated carbocycles. The molecule has 2 N–H and O–H groups in total. The molecule has 71 heavy (non-hydrogen) atoms. The minimum absolute atomic E-state index is 0.0292. The lowest BCUT2D eigenvalue weighted by Gasteiger charge is -2.41. The molecule has 0 unspecified atom stereocenters. The Hall–Kier alpha value is -6.19. The number of hydrogen-bond acceptors (Lipinski definition) is 2. The van der Waals surface area contributed by atoms with Crippen LogP contribution in [0.3, 0.4) is 0 Å². The van der Waals surface area contributed by atoms with Gasteiger partial charge in [-0.2, -0.15) is 0 Å². The number of fused-ring (bicyclic) bond motifs is 12. The Kier molecular flexibility index (Phi) is 9.81. The third-order valence-corrected chi connectivity index (χ3v) is 16.3. The topological polar surface area (TPSA) is 24.1 Å². The van der Waals surface area contributed by atoms with Crippen molar-refractivity contribution in [3.63, 3.8) is 0 Å². The third-order valence-electron chi connectivity index (χ3n) is 16.3. The zero-order valence-corrected chi connectivity index (χ0v) is 44.8. The van der Waals surface area contributed by atoms with E-state index in [0.29, 0.717) is 0 Å². The quantitative estimate of drug-likeness (QED) is 0.148. The van der Waals surface area contributed by atoms with Gasteiger partial charge in [-0.15, -0.1) is 0 Å². The number of anilines is 4. The fourth-order valence-corrected chi connectivity index (χ4v) is 12.0. The lowest BCUT2D eigenvalue weighted by Crippen LogP contribution is -2.60. The fraction of sp³-hybridized carbons (Fsp3) is 0.303. The van der Waals surface area contributed by atoms with Gasteiger partial charge in [0.1, 0.15) is 0 Å². The summed E-state index contributed by atoms with van der Waals surface area (Å²) in [5.74, 6) is 0. The molecule has 350 valence electrons. The van der Waals surface area contributed by atoms with Crippen molar-refractivity contribution in [3.05, 3.63) is 149 Å². The van der Waals surface area contributed by atoms with Crippen molar-refractivity contribution in [2.24, 2.45) is 0 Å².